The van der Waals surface area contributed by atoms with E-state index in [9.17, 15) is 8.42 Å². The van der Waals surface area contributed by atoms with Gasteiger partial charge in [-0.3, -0.25) is 0 Å². The van der Waals surface area contributed by atoms with Crippen LogP contribution in [0.2, 0.25) is 19.6 Å². The first-order valence-electron chi connectivity index (χ1n) is 5.53. The molecule has 1 aromatic heterocycles. The predicted octanol–water partition coefficient (Wildman–Crippen LogP) is 1.99. The molecule has 0 spiro atoms. The highest BCUT2D eigenvalue weighted by Gasteiger charge is 2.26. The molecule has 0 amide bonds. The number of rotatable bonds is 2. The van der Waals surface area contributed by atoms with Crippen LogP contribution in [0.25, 0.3) is 10.9 Å². The Morgan fingerprint density at radius 2 is 1.71 bits per heavy atom. The molecule has 0 fully saturated rings. The number of aromatic nitrogens is 1. The Hall–Kier alpha value is -1.07. The van der Waals surface area contributed by atoms with E-state index >= 15 is 0 Å². The van der Waals surface area contributed by atoms with Gasteiger partial charge in [0, 0.05) is 10.7 Å². The van der Waals surface area contributed by atoms with E-state index in [0.717, 1.165) is 16.2 Å². The van der Waals surface area contributed by atoms with E-state index in [1.54, 1.807) is 0 Å². The zero-order valence-electron chi connectivity index (χ0n) is 10.6. The van der Waals surface area contributed by atoms with Gasteiger partial charge in [0.15, 0.2) is 0 Å². The Labute approximate surface area is 103 Å². The molecule has 5 heteroatoms. The second-order valence-electron chi connectivity index (χ2n) is 5.37. The highest BCUT2D eigenvalue weighted by molar-refractivity contribution is 7.89. The molecule has 2 aromatic rings. The molecule has 0 bridgehead atoms. The van der Waals surface area contributed by atoms with Gasteiger partial charge in [-0.2, -0.15) is 0 Å². The van der Waals surface area contributed by atoms with Crippen LogP contribution in [0, 0.1) is 0 Å². The maximum Gasteiger partial charge on any atom is 0.235 e. The van der Waals surface area contributed by atoms with Crippen LogP contribution >= 0.6 is 0 Å². The lowest BCUT2D eigenvalue weighted by molar-refractivity contribution is 0.596. The van der Waals surface area contributed by atoms with E-state index in [1.165, 1.54) is 10.2 Å². The molecule has 0 atom stereocenters. The van der Waals surface area contributed by atoms with Gasteiger partial charge in [0.25, 0.3) is 0 Å². The third kappa shape index (κ3) is 2.17. The lowest BCUT2D eigenvalue weighted by Crippen LogP contribution is -2.44. The first-order chi connectivity index (χ1) is 7.71. The molecule has 2 rings (SSSR count). The fraction of sp³-hybridized carbons (Fsp3) is 0.333. The first kappa shape index (κ1) is 12.4. The van der Waals surface area contributed by atoms with Crippen molar-refractivity contribution in [2.45, 2.75) is 19.6 Å². The highest BCUT2D eigenvalue weighted by Crippen LogP contribution is 2.18. The summed E-state index contributed by atoms with van der Waals surface area (Å²) in [6.07, 6.45) is 1.27. The SMILES string of the molecule is C[Si](C)(C)c1cc2ccccc2n1S(C)(=O)=O. The minimum Gasteiger partial charge on any atom is -0.247 e. The van der Waals surface area contributed by atoms with Crippen molar-refractivity contribution in [1.82, 2.24) is 3.97 Å². The van der Waals surface area contributed by atoms with Crippen molar-refractivity contribution in [3.8, 4) is 0 Å². The normalized spacial score (nSPS) is 13.2. The van der Waals surface area contributed by atoms with Gasteiger partial charge in [0.2, 0.25) is 10.0 Å². The summed E-state index contributed by atoms with van der Waals surface area (Å²) >= 11 is 0. The summed E-state index contributed by atoms with van der Waals surface area (Å²) in [5.41, 5.74) is 0.785. The predicted molar refractivity (Wildman–Crippen MR) is 75.2 cm³/mol. The van der Waals surface area contributed by atoms with Crippen molar-refractivity contribution >= 4 is 34.3 Å². The minimum absolute atomic E-state index is 0.785. The quantitative estimate of drug-likeness (QED) is 0.781. The molecule has 0 radical (unpaired) electrons. The van der Waals surface area contributed by atoms with E-state index < -0.39 is 18.1 Å². The summed E-state index contributed by atoms with van der Waals surface area (Å²) in [5.74, 6) is 0. The second kappa shape index (κ2) is 3.71. The van der Waals surface area contributed by atoms with Crippen LogP contribution in [0.4, 0.5) is 0 Å². The van der Waals surface area contributed by atoms with Gasteiger partial charge in [-0.15, -0.1) is 0 Å². The fourth-order valence-electron chi connectivity index (χ4n) is 2.01. The third-order valence-electron chi connectivity index (χ3n) is 2.77. The zero-order valence-corrected chi connectivity index (χ0v) is 12.4. The first-order valence-corrected chi connectivity index (χ1v) is 10.9. The summed E-state index contributed by atoms with van der Waals surface area (Å²) in [5, 5.41) is 1.96. The van der Waals surface area contributed by atoms with Crippen LogP contribution in [0.3, 0.4) is 0 Å². The minimum atomic E-state index is -3.25. The van der Waals surface area contributed by atoms with Gasteiger partial charge in [0.05, 0.1) is 11.8 Å². The summed E-state index contributed by atoms with van der Waals surface area (Å²) < 4.78 is 25.4. The van der Waals surface area contributed by atoms with E-state index in [1.807, 2.05) is 30.3 Å². The number of para-hydroxylation sites is 1. The molecule has 1 aromatic carbocycles. The van der Waals surface area contributed by atoms with Crippen LogP contribution in [0.1, 0.15) is 0 Å². The second-order valence-corrected chi connectivity index (χ2v) is 12.2. The Balaban J connectivity index is 2.94. The summed E-state index contributed by atoms with van der Waals surface area (Å²) in [6.45, 7) is 6.47. The number of nitrogens with zero attached hydrogens (tertiary/aromatic N) is 1. The number of hydrogen-bond donors (Lipinski definition) is 0. The molecular formula is C12H17NO2SSi. The molecule has 1 heterocycles. The topological polar surface area (TPSA) is 39.1 Å². The Kier molecular flexibility index (Phi) is 2.70. The van der Waals surface area contributed by atoms with Crippen LogP contribution in [0.15, 0.2) is 30.3 Å². The fourth-order valence-corrected chi connectivity index (χ4v) is 5.58. The average Bonchev–Trinajstić information content (AvgIpc) is 2.54. The van der Waals surface area contributed by atoms with Crippen LogP contribution in [-0.2, 0) is 10.0 Å². The standard InChI is InChI=1S/C12H17NO2SSi/c1-16(14,15)13-11-8-6-5-7-10(11)9-12(13)17(2,3)4/h5-9H,1-4H3. The largest absolute Gasteiger partial charge is 0.247 e. The lowest BCUT2D eigenvalue weighted by Gasteiger charge is -2.18. The summed E-state index contributed by atoms with van der Waals surface area (Å²) in [7, 11) is -4.94. The Morgan fingerprint density at radius 1 is 1.12 bits per heavy atom. The van der Waals surface area contributed by atoms with Gasteiger partial charge in [0.1, 0.15) is 8.07 Å². The zero-order chi connectivity index (χ0) is 12.8. The molecule has 0 aliphatic rings. The smallest absolute Gasteiger partial charge is 0.235 e. The van der Waals surface area contributed by atoms with Crippen molar-refractivity contribution in [1.29, 1.82) is 0 Å². The van der Waals surface area contributed by atoms with Crippen molar-refractivity contribution in [3.63, 3.8) is 0 Å². The molecule has 3 nitrogen and oxygen atoms in total. The van der Waals surface area contributed by atoms with E-state index in [2.05, 4.69) is 19.6 Å². The van der Waals surface area contributed by atoms with Crippen molar-refractivity contribution in [2.75, 3.05) is 6.26 Å². The summed E-state index contributed by atoms with van der Waals surface area (Å²) in [4.78, 5) is 0. The molecule has 0 aliphatic heterocycles. The van der Waals surface area contributed by atoms with Crippen molar-refractivity contribution < 1.29 is 8.42 Å². The number of hydrogen-bond acceptors (Lipinski definition) is 2. The van der Waals surface area contributed by atoms with Gasteiger partial charge >= 0.3 is 0 Å². The van der Waals surface area contributed by atoms with Gasteiger partial charge in [-0.25, -0.2) is 12.4 Å². The average molecular weight is 267 g/mol. The third-order valence-corrected chi connectivity index (χ3v) is 5.89. The molecule has 0 unspecified atom stereocenters. The van der Waals surface area contributed by atoms with Crippen LogP contribution in [0.5, 0.6) is 0 Å². The van der Waals surface area contributed by atoms with Crippen molar-refractivity contribution in [3.05, 3.63) is 30.3 Å². The van der Waals surface area contributed by atoms with Gasteiger partial charge in [-0.05, 0) is 12.1 Å². The lowest BCUT2D eigenvalue weighted by atomic mass is 10.3. The van der Waals surface area contributed by atoms with Crippen molar-refractivity contribution in [2.24, 2.45) is 0 Å². The van der Waals surface area contributed by atoms with Crippen LogP contribution in [-0.4, -0.2) is 26.7 Å². The molecule has 0 N–H and O–H groups in total. The molecular weight excluding hydrogens is 250 g/mol. The maximum absolute atomic E-state index is 12.0. The highest BCUT2D eigenvalue weighted by atomic mass is 32.2. The maximum atomic E-state index is 12.0. The number of fused-ring (bicyclic) bond motifs is 1. The van der Waals surface area contributed by atoms with E-state index in [4.69, 9.17) is 0 Å². The Morgan fingerprint density at radius 3 is 2.24 bits per heavy atom. The summed E-state index contributed by atoms with van der Waals surface area (Å²) in [6, 6.07) is 9.64. The molecule has 17 heavy (non-hydrogen) atoms. The molecule has 0 saturated heterocycles. The van der Waals surface area contributed by atoms with E-state index in [0.29, 0.717) is 0 Å². The van der Waals surface area contributed by atoms with E-state index in [-0.39, 0.29) is 0 Å². The molecule has 0 saturated carbocycles. The monoisotopic (exact) mass is 267 g/mol. The van der Waals surface area contributed by atoms with Gasteiger partial charge in [-0.1, -0.05) is 37.8 Å². The van der Waals surface area contributed by atoms with Crippen LogP contribution < -0.4 is 5.32 Å². The van der Waals surface area contributed by atoms with Gasteiger partial charge < -0.3 is 0 Å². The molecule has 92 valence electrons. The Bertz CT molecular complexity index is 665. The molecule has 0 aliphatic carbocycles. The number of benzene rings is 1.